The number of hydrogen-bond donors (Lipinski definition) is 0. The molecule has 2 aromatic carbocycles. The molecule has 0 aliphatic heterocycles. The molecule has 10 heteroatoms. The minimum absolute atomic E-state index is 0.0702. The Labute approximate surface area is 253 Å². The van der Waals surface area contributed by atoms with Gasteiger partial charge in [0, 0.05) is 24.7 Å². The van der Waals surface area contributed by atoms with Crippen molar-refractivity contribution in [3.63, 3.8) is 0 Å². The molecule has 0 bridgehead atoms. The summed E-state index contributed by atoms with van der Waals surface area (Å²) in [5.41, 5.74) is 5.74. The van der Waals surface area contributed by atoms with Gasteiger partial charge in [-0.1, -0.05) is 48.4 Å². The van der Waals surface area contributed by atoms with Gasteiger partial charge in [-0.2, -0.15) is 20.4 Å². The third kappa shape index (κ3) is 9.02. The number of aryl methyl sites for hydroxylation is 1. The third-order valence-corrected chi connectivity index (χ3v) is 7.83. The van der Waals surface area contributed by atoms with Crippen LogP contribution in [-0.4, -0.2) is 38.3 Å². The maximum Gasteiger partial charge on any atom is 0.573 e. The Hall–Kier alpha value is -4.47. The van der Waals surface area contributed by atoms with Crippen LogP contribution in [0.2, 0.25) is 0 Å². The number of nitrogens with zero attached hydrogens (tertiary/aromatic N) is 4. The zero-order valence-corrected chi connectivity index (χ0v) is 24.4. The fourth-order valence-electron chi connectivity index (χ4n) is 5.59. The van der Waals surface area contributed by atoms with Gasteiger partial charge in [0.25, 0.3) is 0 Å². The summed E-state index contributed by atoms with van der Waals surface area (Å²) in [5, 5.41) is 17.5. The fourth-order valence-corrected chi connectivity index (χ4v) is 5.59. The summed E-state index contributed by atoms with van der Waals surface area (Å²) in [7, 11) is 0. The minimum atomic E-state index is -4.76. The average molecular weight is 603 g/mol. The van der Waals surface area contributed by atoms with Crippen LogP contribution in [-0.2, 0) is 35.3 Å². The zero-order valence-electron chi connectivity index (χ0n) is 24.4. The first-order valence-corrected chi connectivity index (χ1v) is 14.7. The second kappa shape index (κ2) is 13.9. The van der Waals surface area contributed by atoms with Crippen molar-refractivity contribution in [2.45, 2.75) is 76.5 Å². The van der Waals surface area contributed by atoms with Crippen molar-refractivity contribution >= 4 is 11.6 Å². The van der Waals surface area contributed by atoms with Crippen molar-refractivity contribution in [1.29, 1.82) is 0 Å². The van der Waals surface area contributed by atoms with E-state index in [1.807, 2.05) is 55.5 Å². The highest BCUT2D eigenvalue weighted by atomic mass is 19.4. The number of carbonyl (C=O) groups excluding carboxylic acids is 2. The van der Waals surface area contributed by atoms with Gasteiger partial charge in [-0.25, -0.2) is 0 Å². The molecule has 0 saturated heterocycles. The lowest BCUT2D eigenvalue weighted by molar-refractivity contribution is -0.274. The molecule has 228 valence electrons. The Morgan fingerprint density at radius 1 is 0.682 bits per heavy atom. The SMILES string of the molecule is Cc1ccc(CC(=O)Cc2ccc([C@H]3CCC[C@H](c4ccc(CC(=O)Cc5ccc(OC(F)(F)F)cc5)nn4)C3)nn2)cc1. The van der Waals surface area contributed by atoms with E-state index >= 15 is 0 Å². The Morgan fingerprint density at radius 3 is 1.59 bits per heavy atom. The zero-order chi connectivity index (χ0) is 31.1. The number of halogens is 3. The first-order valence-electron chi connectivity index (χ1n) is 14.7. The predicted octanol–water partition coefficient (Wildman–Crippen LogP) is 6.62. The molecular formula is C34H33F3N4O3. The minimum Gasteiger partial charge on any atom is -0.406 e. The van der Waals surface area contributed by atoms with Crippen molar-refractivity contribution in [1.82, 2.24) is 20.4 Å². The second-order valence-electron chi connectivity index (χ2n) is 11.4. The number of ether oxygens (including phenoxy) is 1. The molecule has 1 aliphatic carbocycles. The normalized spacial score (nSPS) is 16.8. The average Bonchev–Trinajstić information content (AvgIpc) is 2.99. The molecule has 5 rings (SSSR count). The molecule has 0 N–H and O–H groups in total. The summed E-state index contributed by atoms with van der Waals surface area (Å²) in [4.78, 5) is 25.1. The van der Waals surface area contributed by atoms with E-state index in [1.54, 1.807) is 0 Å². The summed E-state index contributed by atoms with van der Waals surface area (Å²) < 4.78 is 40.9. The van der Waals surface area contributed by atoms with Gasteiger partial charge in [-0.3, -0.25) is 9.59 Å². The lowest BCUT2D eigenvalue weighted by Gasteiger charge is -2.28. The third-order valence-electron chi connectivity index (χ3n) is 7.83. The molecule has 2 atom stereocenters. The Kier molecular flexibility index (Phi) is 9.77. The maximum absolute atomic E-state index is 12.5. The van der Waals surface area contributed by atoms with Gasteiger partial charge in [0.05, 0.1) is 35.6 Å². The summed E-state index contributed by atoms with van der Waals surface area (Å²) >= 11 is 0. The Morgan fingerprint density at radius 2 is 1.16 bits per heavy atom. The van der Waals surface area contributed by atoms with Gasteiger partial charge >= 0.3 is 6.36 Å². The number of rotatable bonds is 11. The highest BCUT2D eigenvalue weighted by molar-refractivity contribution is 5.83. The van der Waals surface area contributed by atoms with E-state index in [4.69, 9.17) is 0 Å². The number of hydrogen-bond acceptors (Lipinski definition) is 7. The van der Waals surface area contributed by atoms with E-state index in [-0.39, 0.29) is 48.4 Å². The van der Waals surface area contributed by atoms with Gasteiger partial charge in [0.1, 0.15) is 17.3 Å². The molecule has 0 spiro atoms. The predicted molar refractivity (Wildman–Crippen MR) is 157 cm³/mol. The molecule has 1 saturated carbocycles. The van der Waals surface area contributed by atoms with Crippen LogP contribution in [0.5, 0.6) is 5.75 Å². The molecule has 2 aromatic heterocycles. The van der Waals surface area contributed by atoms with Crippen LogP contribution in [0.4, 0.5) is 13.2 Å². The van der Waals surface area contributed by atoms with E-state index in [0.717, 1.165) is 48.2 Å². The summed E-state index contributed by atoms with van der Waals surface area (Å²) in [5.74, 6) is 0.0971. The molecule has 1 fully saturated rings. The number of ketones is 2. The standard InChI is InChI=1S/C34H33F3N4O3/c1-22-5-7-23(8-6-22)17-29(42)20-27-11-15-32(40-38-27)25-3-2-4-26(19-25)33-16-12-28(39-41-33)21-30(43)18-24-9-13-31(14-10-24)44-34(35,36)37/h5-16,25-26H,2-4,17-21H2,1H3/t25-,26-/m0/s1. The molecular weight excluding hydrogens is 569 g/mol. The number of Topliss-reactive ketones (excluding diaryl/α,β-unsaturated/α-hetero) is 2. The summed E-state index contributed by atoms with van der Waals surface area (Å²) in [6.45, 7) is 2.02. The smallest absolute Gasteiger partial charge is 0.406 e. The van der Waals surface area contributed by atoms with E-state index < -0.39 is 6.36 Å². The number of alkyl halides is 3. The van der Waals surface area contributed by atoms with Gasteiger partial charge in [0.15, 0.2) is 0 Å². The fraction of sp³-hybridized carbons (Fsp3) is 0.353. The lowest BCUT2D eigenvalue weighted by Crippen LogP contribution is -2.17. The van der Waals surface area contributed by atoms with E-state index in [9.17, 15) is 22.8 Å². The number of carbonyl (C=O) groups is 2. The molecule has 0 radical (unpaired) electrons. The van der Waals surface area contributed by atoms with Gasteiger partial charge in [-0.05, 0) is 73.7 Å². The summed E-state index contributed by atoms with van der Waals surface area (Å²) in [6, 6.07) is 20.8. The van der Waals surface area contributed by atoms with E-state index in [0.29, 0.717) is 23.4 Å². The number of aromatic nitrogens is 4. The van der Waals surface area contributed by atoms with Crippen molar-refractivity contribution in [2.75, 3.05) is 0 Å². The van der Waals surface area contributed by atoms with Gasteiger partial charge in [-0.15, -0.1) is 13.2 Å². The lowest BCUT2D eigenvalue weighted by atomic mass is 9.78. The maximum atomic E-state index is 12.5. The summed E-state index contributed by atoms with van der Waals surface area (Å²) in [6.07, 6.45) is -0.119. The monoisotopic (exact) mass is 602 g/mol. The largest absolute Gasteiger partial charge is 0.573 e. The van der Waals surface area contributed by atoms with Gasteiger partial charge in [0.2, 0.25) is 0 Å². The Balaban J connectivity index is 1.11. The molecule has 44 heavy (non-hydrogen) atoms. The Bertz CT molecular complexity index is 1560. The molecule has 2 heterocycles. The first-order chi connectivity index (χ1) is 21.1. The van der Waals surface area contributed by atoms with Crippen molar-refractivity contribution < 1.29 is 27.5 Å². The van der Waals surface area contributed by atoms with E-state index in [1.165, 1.54) is 24.3 Å². The van der Waals surface area contributed by atoms with Crippen LogP contribution in [0, 0.1) is 6.92 Å². The molecule has 0 unspecified atom stereocenters. The van der Waals surface area contributed by atoms with Gasteiger partial charge < -0.3 is 4.74 Å². The molecule has 1 aliphatic rings. The van der Waals surface area contributed by atoms with Crippen molar-refractivity contribution in [2.24, 2.45) is 0 Å². The first kappa shape index (κ1) is 31.0. The van der Waals surface area contributed by atoms with E-state index in [2.05, 4.69) is 25.1 Å². The highest BCUT2D eigenvalue weighted by Crippen LogP contribution is 2.39. The van der Waals surface area contributed by atoms with Crippen molar-refractivity contribution in [3.8, 4) is 5.75 Å². The number of benzene rings is 2. The van der Waals surface area contributed by atoms with Crippen LogP contribution in [0.3, 0.4) is 0 Å². The highest BCUT2D eigenvalue weighted by Gasteiger charge is 2.31. The molecule has 4 aromatic rings. The molecule has 7 nitrogen and oxygen atoms in total. The van der Waals surface area contributed by atoms with Crippen LogP contribution in [0.25, 0.3) is 0 Å². The van der Waals surface area contributed by atoms with Crippen LogP contribution >= 0.6 is 0 Å². The van der Waals surface area contributed by atoms with Crippen LogP contribution < -0.4 is 4.74 Å². The quantitative estimate of drug-likeness (QED) is 0.190. The van der Waals surface area contributed by atoms with Crippen molar-refractivity contribution in [3.05, 3.63) is 112 Å². The molecule has 0 amide bonds. The topological polar surface area (TPSA) is 94.9 Å². The van der Waals surface area contributed by atoms with Crippen LogP contribution in [0.15, 0.2) is 72.8 Å². The second-order valence-corrected chi connectivity index (χ2v) is 11.4. The van der Waals surface area contributed by atoms with Crippen LogP contribution in [0.1, 0.15) is 77.0 Å².